The normalized spacial score (nSPS) is 10.7. The molecule has 1 nitrogen and oxygen atoms in total. The molecule has 4 aromatic rings. The largest absolute Gasteiger partial charge is 0.384 e. The summed E-state index contributed by atoms with van der Waals surface area (Å²) in [5.41, 5.74) is 3.66. The number of methoxy groups -OCH3 is 1. The predicted octanol–water partition coefficient (Wildman–Crippen LogP) is 6.51. The molecule has 4 aromatic carbocycles. The maximum atomic E-state index is 14.5. The molecule has 0 bridgehead atoms. The Morgan fingerprint density at radius 3 is 2.06 bits per heavy atom. The van der Waals surface area contributed by atoms with Gasteiger partial charge in [-0.15, -0.1) is 0 Å². The number of fused-ring (bicyclic) bond motifs is 1. The van der Waals surface area contributed by atoms with Crippen molar-refractivity contribution in [2.75, 3.05) is 13.7 Å². The highest BCUT2D eigenvalue weighted by molar-refractivity contribution is 5.84. The van der Waals surface area contributed by atoms with Crippen molar-refractivity contribution in [1.29, 1.82) is 0 Å². The summed E-state index contributed by atoms with van der Waals surface area (Å²) >= 11 is 0. The Hall–Kier alpha value is -3.55. The molecular weight excluding hydrogens is 397 g/mol. The summed E-state index contributed by atoms with van der Waals surface area (Å²) in [6.07, 6.45) is 0.665. The lowest BCUT2D eigenvalue weighted by Gasteiger charge is -2.07. The van der Waals surface area contributed by atoms with E-state index in [0.717, 1.165) is 16.7 Å². The molecule has 0 saturated carbocycles. The first-order chi connectivity index (χ1) is 15.0. The second-order valence-electron chi connectivity index (χ2n) is 7.21. The van der Waals surface area contributed by atoms with Crippen molar-refractivity contribution in [3.05, 3.63) is 107 Å². The first-order valence-electron chi connectivity index (χ1n) is 9.82. The Labute approximate surface area is 179 Å². The molecule has 0 aliphatic carbocycles. The minimum Gasteiger partial charge on any atom is -0.384 e. The summed E-state index contributed by atoms with van der Waals surface area (Å²) in [7, 11) is 1.62. The molecule has 0 amide bonds. The molecule has 0 unspecified atom stereocenters. The highest BCUT2D eigenvalue weighted by Crippen LogP contribution is 2.24. The van der Waals surface area contributed by atoms with Crippen LogP contribution in [-0.2, 0) is 11.2 Å². The molecular formula is C27H19F3O. The van der Waals surface area contributed by atoms with Crippen LogP contribution in [0, 0.1) is 29.3 Å². The van der Waals surface area contributed by atoms with Crippen molar-refractivity contribution in [3.63, 3.8) is 0 Å². The number of halogens is 3. The van der Waals surface area contributed by atoms with Crippen LogP contribution < -0.4 is 0 Å². The van der Waals surface area contributed by atoms with Crippen LogP contribution in [0.2, 0.25) is 0 Å². The lowest BCUT2D eigenvalue weighted by molar-refractivity contribution is 0.202. The lowest BCUT2D eigenvalue weighted by atomic mass is 10.0. The number of hydrogen-bond acceptors (Lipinski definition) is 1. The second kappa shape index (κ2) is 9.07. The molecule has 154 valence electrons. The summed E-state index contributed by atoms with van der Waals surface area (Å²) in [6, 6.07) is 20.1. The molecule has 0 aliphatic rings. The van der Waals surface area contributed by atoms with Gasteiger partial charge in [0, 0.05) is 23.8 Å². The topological polar surface area (TPSA) is 9.23 Å². The number of hydrogen-bond donors (Lipinski definition) is 0. The zero-order chi connectivity index (χ0) is 21.8. The molecule has 0 saturated heterocycles. The summed E-state index contributed by atoms with van der Waals surface area (Å²) in [5, 5.41) is 1.20. The zero-order valence-electron chi connectivity index (χ0n) is 16.9. The fourth-order valence-electron chi connectivity index (χ4n) is 3.37. The first-order valence-corrected chi connectivity index (χ1v) is 9.82. The van der Waals surface area contributed by atoms with Crippen LogP contribution in [0.15, 0.2) is 72.8 Å². The predicted molar refractivity (Wildman–Crippen MR) is 117 cm³/mol. The summed E-state index contributed by atoms with van der Waals surface area (Å²) in [5.74, 6) is 4.06. The maximum Gasteiger partial charge on any atom is 0.159 e. The molecule has 31 heavy (non-hydrogen) atoms. The van der Waals surface area contributed by atoms with E-state index in [1.165, 1.54) is 18.2 Å². The third-order valence-electron chi connectivity index (χ3n) is 5.05. The number of ether oxygens (including phenoxy) is 1. The van der Waals surface area contributed by atoms with E-state index in [-0.39, 0.29) is 5.82 Å². The molecule has 0 heterocycles. The SMILES string of the molecule is COCCc1ccc(-c2ccc(C#Cc3ccc4cc(F)c(F)cc4c3)cc2)c(F)c1. The van der Waals surface area contributed by atoms with Crippen molar-refractivity contribution in [1.82, 2.24) is 0 Å². The average Bonchev–Trinajstić information content (AvgIpc) is 2.77. The Bertz CT molecular complexity index is 1300. The van der Waals surface area contributed by atoms with E-state index in [2.05, 4.69) is 11.8 Å². The van der Waals surface area contributed by atoms with Crippen molar-refractivity contribution < 1.29 is 17.9 Å². The Balaban J connectivity index is 1.54. The Kier molecular flexibility index (Phi) is 6.06. The highest BCUT2D eigenvalue weighted by atomic mass is 19.2. The maximum absolute atomic E-state index is 14.5. The van der Waals surface area contributed by atoms with Crippen LogP contribution in [0.1, 0.15) is 16.7 Å². The van der Waals surface area contributed by atoms with Gasteiger partial charge in [0.15, 0.2) is 11.6 Å². The Morgan fingerprint density at radius 1 is 0.677 bits per heavy atom. The van der Waals surface area contributed by atoms with Gasteiger partial charge >= 0.3 is 0 Å². The van der Waals surface area contributed by atoms with E-state index >= 15 is 0 Å². The monoisotopic (exact) mass is 416 g/mol. The number of benzene rings is 4. The molecule has 0 radical (unpaired) electrons. The van der Waals surface area contributed by atoms with Crippen molar-refractivity contribution in [2.24, 2.45) is 0 Å². The molecule has 0 atom stereocenters. The van der Waals surface area contributed by atoms with Crippen LogP contribution in [0.4, 0.5) is 13.2 Å². The van der Waals surface area contributed by atoms with Gasteiger partial charge < -0.3 is 4.74 Å². The fraction of sp³-hybridized carbons (Fsp3) is 0.111. The van der Waals surface area contributed by atoms with Gasteiger partial charge in [-0.3, -0.25) is 0 Å². The van der Waals surface area contributed by atoms with Gasteiger partial charge in [0.2, 0.25) is 0 Å². The van der Waals surface area contributed by atoms with Crippen LogP contribution in [0.5, 0.6) is 0 Å². The van der Waals surface area contributed by atoms with Crippen LogP contribution in [0.3, 0.4) is 0 Å². The summed E-state index contributed by atoms with van der Waals surface area (Å²) in [6.45, 7) is 0.551. The van der Waals surface area contributed by atoms with E-state index in [9.17, 15) is 13.2 Å². The van der Waals surface area contributed by atoms with Crippen LogP contribution >= 0.6 is 0 Å². The van der Waals surface area contributed by atoms with E-state index in [4.69, 9.17) is 4.74 Å². The summed E-state index contributed by atoms with van der Waals surface area (Å²) < 4.78 is 46.3. The zero-order valence-corrected chi connectivity index (χ0v) is 16.9. The van der Waals surface area contributed by atoms with Gasteiger partial charge in [0.25, 0.3) is 0 Å². The molecule has 0 aliphatic heterocycles. The van der Waals surface area contributed by atoms with Gasteiger partial charge in [-0.2, -0.15) is 0 Å². The van der Waals surface area contributed by atoms with Gasteiger partial charge in [-0.1, -0.05) is 42.2 Å². The minimum absolute atomic E-state index is 0.271. The lowest BCUT2D eigenvalue weighted by Crippen LogP contribution is -1.96. The molecule has 4 rings (SSSR count). The highest BCUT2D eigenvalue weighted by Gasteiger charge is 2.07. The third kappa shape index (κ3) is 4.79. The minimum atomic E-state index is -0.882. The van der Waals surface area contributed by atoms with Crippen LogP contribution in [-0.4, -0.2) is 13.7 Å². The average molecular weight is 416 g/mol. The second-order valence-corrected chi connectivity index (χ2v) is 7.21. The molecule has 0 spiro atoms. The van der Waals surface area contributed by atoms with Crippen molar-refractivity contribution in [2.45, 2.75) is 6.42 Å². The molecule has 0 fully saturated rings. The fourth-order valence-corrected chi connectivity index (χ4v) is 3.37. The first kappa shape index (κ1) is 20.7. The van der Waals surface area contributed by atoms with E-state index in [1.807, 2.05) is 30.3 Å². The van der Waals surface area contributed by atoms with E-state index < -0.39 is 11.6 Å². The molecule has 0 N–H and O–H groups in total. The molecule has 0 aromatic heterocycles. The molecule has 4 heteroatoms. The van der Waals surface area contributed by atoms with Crippen molar-refractivity contribution >= 4 is 10.8 Å². The van der Waals surface area contributed by atoms with Gasteiger partial charge in [0.1, 0.15) is 5.82 Å². The third-order valence-corrected chi connectivity index (χ3v) is 5.05. The van der Waals surface area contributed by atoms with Gasteiger partial charge in [0.05, 0.1) is 6.61 Å². The van der Waals surface area contributed by atoms with Gasteiger partial charge in [-0.25, -0.2) is 13.2 Å². The summed E-state index contributed by atoms with van der Waals surface area (Å²) in [4.78, 5) is 0. The van der Waals surface area contributed by atoms with E-state index in [1.54, 1.807) is 31.4 Å². The number of rotatable bonds is 4. The van der Waals surface area contributed by atoms with Gasteiger partial charge in [-0.05, 0) is 70.8 Å². The van der Waals surface area contributed by atoms with Crippen LogP contribution in [0.25, 0.3) is 21.9 Å². The van der Waals surface area contributed by atoms with Crippen molar-refractivity contribution in [3.8, 4) is 23.0 Å². The quantitative estimate of drug-likeness (QED) is 0.345. The smallest absolute Gasteiger partial charge is 0.159 e. The Morgan fingerprint density at radius 2 is 1.35 bits per heavy atom. The van der Waals surface area contributed by atoms with E-state index in [0.29, 0.717) is 34.9 Å². The standard InChI is InChI=1S/C27H19F3O/c1-31-13-12-20-7-11-24(25(28)15-20)21-8-4-18(5-9-21)2-3-19-6-10-22-16-26(29)27(30)17-23(22)14-19/h4-11,14-17H,12-13H2,1H3.